The van der Waals surface area contributed by atoms with Crippen LogP contribution in [0.3, 0.4) is 0 Å². The van der Waals surface area contributed by atoms with Gasteiger partial charge in [0.15, 0.2) is 11.0 Å². The molecule has 0 aliphatic heterocycles. The molecule has 1 heterocycles. The van der Waals surface area contributed by atoms with Gasteiger partial charge in [-0.15, -0.1) is 0 Å². The van der Waals surface area contributed by atoms with E-state index in [4.69, 9.17) is 9.47 Å². The summed E-state index contributed by atoms with van der Waals surface area (Å²) in [5, 5.41) is 12.8. The third-order valence-corrected chi connectivity index (χ3v) is 3.30. The van der Waals surface area contributed by atoms with Crippen molar-refractivity contribution < 1.29 is 9.47 Å². The standard InChI is InChI=1S/C14H14N4O2S/c1-19-10-5-4-6-11(20-2)12(10)17-13-9(7-15)8-16-14(18-13)21-3/h4-6,8H,1-3H3,(H,16,17,18). The van der Waals surface area contributed by atoms with Gasteiger partial charge in [0.1, 0.15) is 28.8 Å². The van der Waals surface area contributed by atoms with Crippen molar-refractivity contribution in [3.8, 4) is 17.6 Å². The van der Waals surface area contributed by atoms with Gasteiger partial charge < -0.3 is 14.8 Å². The van der Waals surface area contributed by atoms with Crippen molar-refractivity contribution in [3.05, 3.63) is 30.0 Å². The molecule has 1 aromatic heterocycles. The van der Waals surface area contributed by atoms with Crippen molar-refractivity contribution in [2.75, 3.05) is 25.8 Å². The Bertz CT molecular complexity index is 663. The molecule has 6 nitrogen and oxygen atoms in total. The van der Waals surface area contributed by atoms with Crippen LogP contribution >= 0.6 is 11.8 Å². The van der Waals surface area contributed by atoms with Gasteiger partial charge >= 0.3 is 0 Å². The number of hydrogen-bond acceptors (Lipinski definition) is 7. The van der Waals surface area contributed by atoms with Crippen molar-refractivity contribution in [1.82, 2.24) is 9.97 Å². The maximum atomic E-state index is 9.17. The Morgan fingerprint density at radius 1 is 1.24 bits per heavy atom. The summed E-state index contributed by atoms with van der Waals surface area (Å²) in [6.07, 6.45) is 3.36. The molecule has 0 aliphatic carbocycles. The van der Waals surface area contributed by atoms with Gasteiger partial charge in [-0.25, -0.2) is 9.97 Å². The number of methoxy groups -OCH3 is 2. The number of para-hydroxylation sites is 1. The fourth-order valence-corrected chi connectivity index (χ4v) is 2.07. The van der Waals surface area contributed by atoms with E-state index in [9.17, 15) is 5.26 Å². The summed E-state index contributed by atoms with van der Waals surface area (Å²) in [7, 11) is 3.14. The van der Waals surface area contributed by atoms with Crippen molar-refractivity contribution >= 4 is 23.3 Å². The molecular formula is C14H14N4O2S. The van der Waals surface area contributed by atoms with Gasteiger partial charge in [0.2, 0.25) is 0 Å². The van der Waals surface area contributed by atoms with E-state index < -0.39 is 0 Å². The molecule has 0 spiro atoms. The van der Waals surface area contributed by atoms with Gasteiger partial charge in [-0.2, -0.15) is 5.26 Å². The van der Waals surface area contributed by atoms with Crippen LogP contribution in [0.4, 0.5) is 11.5 Å². The largest absolute Gasteiger partial charge is 0.494 e. The zero-order valence-corrected chi connectivity index (χ0v) is 12.7. The van der Waals surface area contributed by atoms with Crippen LogP contribution in [-0.2, 0) is 0 Å². The lowest BCUT2D eigenvalue weighted by Gasteiger charge is -2.15. The van der Waals surface area contributed by atoms with Crippen LogP contribution in [0, 0.1) is 11.3 Å². The molecule has 7 heteroatoms. The Labute approximate surface area is 127 Å². The predicted molar refractivity (Wildman–Crippen MR) is 81.4 cm³/mol. The molecule has 0 amide bonds. The Morgan fingerprint density at radius 3 is 2.43 bits per heavy atom. The highest BCUT2D eigenvalue weighted by Crippen LogP contribution is 2.36. The number of hydrogen-bond donors (Lipinski definition) is 1. The van der Waals surface area contributed by atoms with E-state index in [0.29, 0.717) is 33.7 Å². The first-order valence-electron chi connectivity index (χ1n) is 6.02. The number of thioether (sulfide) groups is 1. The van der Waals surface area contributed by atoms with Crippen molar-refractivity contribution in [1.29, 1.82) is 5.26 Å². The second-order valence-electron chi connectivity index (χ2n) is 3.89. The van der Waals surface area contributed by atoms with Crippen LogP contribution in [0.15, 0.2) is 29.6 Å². The molecule has 1 aromatic carbocycles. The number of nitriles is 1. The van der Waals surface area contributed by atoms with Gasteiger partial charge in [-0.3, -0.25) is 0 Å². The van der Waals surface area contributed by atoms with Gasteiger partial charge in [-0.1, -0.05) is 17.8 Å². The molecule has 0 radical (unpaired) electrons. The Hall–Kier alpha value is -2.46. The van der Waals surface area contributed by atoms with Crippen LogP contribution in [-0.4, -0.2) is 30.4 Å². The molecule has 2 rings (SSSR count). The van der Waals surface area contributed by atoms with Crippen LogP contribution in [0.25, 0.3) is 0 Å². The number of benzene rings is 1. The zero-order chi connectivity index (χ0) is 15.2. The minimum atomic E-state index is 0.348. The highest BCUT2D eigenvalue weighted by molar-refractivity contribution is 7.98. The summed E-state index contributed by atoms with van der Waals surface area (Å²) < 4.78 is 10.6. The topological polar surface area (TPSA) is 80.1 Å². The predicted octanol–water partition coefficient (Wildman–Crippen LogP) is 2.83. The van der Waals surface area contributed by atoms with Crippen molar-refractivity contribution in [2.24, 2.45) is 0 Å². The molecule has 2 aromatic rings. The smallest absolute Gasteiger partial charge is 0.189 e. The van der Waals surface area contributed by atoms with Gasteiger partial charge in [0.05, 0.1) is 20.4 Å². The summed E-state index contributed by atoms with van der Waals surface area (Å²) >= 11 is 1.40. The van der Waals surface area contributed by atoms with Crippen LogP contribution in [0.2, 0.25) is 0 Å². The zero-order valence-electron chi connectivity index (χ0n) is 11.9. The van der Waals surface area contributed by atoms with E-state index in [1.807, 2.05) is 12.3 Å². The van der Waals surface area contributed by atoms with Crippen LogP contribution in [0.1, 0.15) is 5.56 Å². The van der Waals surface area contributed by atoms with Crippen molar-refractivity contribution in [2.45, 2.75) is 5.16 Å². The normalized spacial score (nSPS) is 9.81. The van der Waals surface area contributed by atoms with Crippen molar-refractivity contribution in [3.63, 3.8) is 0 Å². The molecule has 0 saturated heterocycles. The maximum absolute atomic E-state index is 9.17. The van der Waals surface area contributed by atoms with Gasteiger partial charge in [-0.05, 0) is 18.4 Å². The Morgan fingerprint density at radius 2 is 1.90 bits per heavy atom. The molecule has 0 saturated carbocycles. The lowest BCUT2D eigenvalue weighted by Crippen LogP contribution is -2.03. The average Bonchev–Trinajstić information content (AvgIpc) is 2.54. The second-order valence-corrected chi connectivity index (χ2v) is 4.67. The fraction of sp³-hybridized carbons (Fsp3) is 0.214. The fourth-order valence-electron chi connectivity index (χ4n) is 1.73. The number of ether oxygens (including phenoxy) is 2. The number of anilines is 2. The molecule has 0 atom stereocenters. The minimum Gasteiger partial charge on any atom is -0.494 e. The summed E-state index contributed by atoms with van der Waals surface area (Å²) in [4.78, 5) is 8.40. The van der Waals surface area contributed by atoms with E-state index in [0.717, 1.165) is 0 Å². The molecule has 21 heavy (non-hydrogen) atoms. The second kappa shape index (κ2) is 6.81. The molecule has 0 fully saturated rings. The molecule has 0 unspecified atom stereocenters. The summed E-state index contributed by atoms with van der Waals surface area (Å²) in [5.74, 6) is 1.62. The Balaban J connectivity index is 2.49. The number of aromatic nitrogens is 2. The summed E-state index contributed by atoms with van der Waals surface area (Å²) in [5.41, 5.74) is 0.963. The highest BCUT2D eigenvalue weighted by Gasteiger charge is 2.14. The molecular weight excluding hydrogens is 288 g/mol. The first-order valence-corrected chi connectivity index (χ1v) is 7.25. The van der Waals surface area contributed by atoms with E-state index in [1.54, 1.807) is 26.4 Å². The first-order chi connectivity index (χ1) is 10.2. The third kappa shape index (κ3) is 3.17. The van der Waals surface area contributed by atoms with Gasteiger partial charge in [0, 0.05) is 0 Å². The summed E-state index contributed by atoms with van der Waals surface area (Å²) in [6, 6.07) is 7.48. The number of nitrogens with one attached hydrogen (secondary N) is 1. The number of rotatable bonds is 5. The van der Waals surface area contributed by atoms with Crippen LogP contribution in [0.5, 0.6) is 11.5 Å². The third-order valence-electron chi connectivity index (χ3n) is 2.74. The highest BCUT2D eigenvalue weighted by atomic mass is 32.2. The monoisotopic (exact) mass is 302 g/mol. The lowest BCUT2D eigenvalue weighted by atomic mass is 10.2. The molecule has 108 valence electrons. The first kappa shape index (κ1) is 14.9. The minimum absolute atomic E-state index is 0.348. The molecule has 1 N–H and O–H groups in total. The Kier molecular flexibility index (Phi) is 4.85. The molecule has 0 aliphatic rings. The van der Waals surface area contributed by atoms with E-state index >= 15 is 0 Å². The lowest BCUT2D eigenvalue weighted by molar-refractivity contribution is 0.398. The van der Waals surface area contributed by atoms with E-state index in [-0.39, 0.29) is 0 Å². The quantitative estimate of drug-likeness (QED) is 0.672. The van der Waals surface area contributed by atoms with Gasteiger partial charge in [0.25, 0.3) is 0 Å². The van der Waals surface area contributed by atoms with E-state index in [1.165, 1.54) is 18.0 Å². The van der Waals surface area contributed by atoms with Crippen LogP contribution < -0.4 is 14.8 Å². The number of nitrogens with zero attached hydrogens (tertiary/aromatic N) is 3. The average molecular weight is 302 g/mol. The maximum Gasteiger partial charge on any atom is 0.189 e. The SMILES string of the molecule is COc1cccc(OC)c1Nc1nc(SC)ncc1C#N. The molecule has 0 bridgehead atoms. The van der Waals surface area contributed by atoms with E-state index in [2.05, 4.69) is 21.4 Å². The summed E-state index contributed by atoms with van der Waals surface area (Å²) in [6.45, 7) is 0.